The fourth-order valence-corrected chi connectivity index (χ4v) is 2.98. The lowest BCUT2D eigenvalue weighted by molar-refractivity contribution is -0.131. The number of nitrogens with one attached hydrogen (secondary N) is 1. The van der Waals surface area contributed by atoms with Crippen molar-refractivity contribution >= 4 is 23.6 Å². The Morgan fingerprint density at radius 2 is 1.89 bits per heavy atom. The number of hydrogen-bond acceptors (Lipinski definition) is 5. The Morgan fingerprint density at radius 1 is 1.11 bits per heavy atom. The van der Waals surface area contributed by atoms with Gasteiger partial charge in [-0.3, -0.25) is 9.59 Å². The van der Waals surface area contributed by atoms with Crippen molar-refractivity contribution in [2.45, 2.75) is 6.42 Å². The number of benzene rings is 1. The molecule has 0 spiro atoms. The van der Waals surface area contributed by atoms with Crippen LogP contribution in [0.25, 0.3) is 6.08 Å². The summed E-state index contributed by atoms with van der Waals surface area (Å²) in [5.74, 6) is 0.608. The summed E-state index contributed by atoms with van der Waals surface area (Å²) in [5, 5.41) is 12.6. The van der Waals surface area contributed by atoms with E-state index in [1.54, 1.807) is 35.2 Å². The van der Waals surface area contributed by atoms with E-state index in [-0.39, 0.29) is 24.0 Å². The zero-order valence-electron chi connectivity index (χ0n) is 15.0. The molecule has 0 bridgehead atoms. The molecule has 0 aliphatic carbocycles. The summed E-state index contributed by atoms with van der Waals surface area (Å²) < 4.78 is 5.11. The Balaban J connectivity index is 1.38. The smallest absolute Gasteiger partial charge is 0.244 e. The molecular formula is C20H23N3O4. The second-order valence-corrected chi connectivity index (χ2v) is 6.25. The summed E-state index contributed by atoms with van der Waals surface area (Å²) >= 11 is 0. The number of phenolic OH excluding ortho intramolecular Hbond substituents is 1. The van der Waals surface area contributed by atoms with E-state index >= 15 is 0 Å². The molecule has 0 unspecified atom stereocenters. The van der Waals surface area contributed by atoms with Crippen molar-refractivity contribution in [2.75, 3.05) is 37.6 Å². The molecule has 2 N–H and O–H groups in total. The van der Waals surface area contributed by atoms with Crippen LogP contribution in [-0.2, 0) is 9.59 Å². The maximum Gasteiger partial charge on any atom is 0.244 e. The maximum atomic E-state index is 12.3. The molecule has 1 aromatic carbocycles. The second kappa shape index (κ2) is 8.93. The molecule has 0 radical (unpaired) electrons. The molecule has 1 fully saturated rings. The normalized spacial score (nSPS) is 14.5. The van der Waals surface area contributed by atoms with Crippen LogP contribution in [0.1, 0.15) is 12.2 Å². The molecule has 1 saturated heterocycles. The monoisotopic (exact) mass is 369 g/mol. The van der Waals surface area contributed by atoms with Crippen molar-refractivity contribution < 1.29 is 19.1 Å². The number of furan rings is 1. The third-order valence-corrected chi connectivity index (χ3v) is 4.44. The molecular weight excluding hydrogens is 346 g/mol. The molecule has 3 rings (SSSR count). The summed E-state index contributed by atoms with van der Waals surface area (Å²) in [7, 11) is 0. The van der Waals surface area contributed by atoms with Crippen LogP contribution in [-0.4, -0.2) is 54.5 Å². The van der Waals surface area contributed by atoms with E-state index < -0.39 is 0 Å². The van der Waals surface area contributed by atoms with Crippen molar-refractivity contribution in [3.05, 3.63) is 54.5 Å². The quantitative estimate of drug-likeness (QED) is 0.759. The average molecular weight is 369 g/mol. The Kier molecular flexibility index (Phi) is 6.14. The highest BCUT2D eigenvalue weighted by atomic mass is 16.3. The lowest BCUT2D eigenvalue weighted by Gasteiger charge is -2.36. The first-order valence-electron chi connectivity index (χ1n) is 8.93. The van der Waals surface area contributed by atoms with Crippen LogP contribution >= 0.6 is 0 Å². The predicted molar refractivity (Wildman–Crippen MR) is 102 cm³/mol. The number of piperazine rings is 1. The molecule has 2 heterocycles. The molecule has 1 aromatic heterocycles. The number of hydrogen-bond donors (Lipinski definition) is 2. The van der Waals surface area contributed by atoms with E-state index in [4.69, 9.17) is 4.42 Å². The summed E-state index contributed by atoms with van der Waals surface area (Å²) in [6.07, 6.45) is 4.76. The number of carbonyl (C=O) groups is 2. The Morgan fingerprint density at radius 3 is 2.59 bits per heavy atom. The summed E-state index contributed by atoms with van der Waals surface area (Å²) in [5.41, 5.74) is 0.792. The lowest BCUT2D eigenvalue weighted by atomic mass is 10.2. The van der Waals surface area contributed by atoms with Crippen molar-refractivity contribution in [1.29, 1.82) is 0 Å². The van der Waals surface area contributed by atoms with Gasteiger partial charge in [-0.2, -0.15) is 0 Å². The molecule has 27 heavy (non-hydrogen) atoms. The second-order valence-electron chi connectivity index (χ2n) is 6.25. The van der Waals surface area contributed by atoms with Crippen molar-refractivity contribution in [3.63, 3.8) is 0 Å². The van der Waals surface area contributed by atoms with Crippen molar-refractivity contribution in [1.82, 2.24) is 10.2 Å². The number of para-hydroxylation sites is 2. The first-order valence-corrected chi connectivity index (χ1v) is 8.93. The van der Waals surface area contributed by atoms with Crippen LogP contribution < -0.4 is 10.2 Å². The van der Waals surface area contributed by atoms with Crippen LogP contribution in [0.3, 0.4) is 0 Å². The Hall–Kier alpha value is -3.22. The summed E-state index contributed by atoms with van der Waals surface area (Å²) in [6, 6.07) is 10.7. The predicted octanol–water partition coefficient (Wildman–Crippen LogP) is 1.85. The molecule has 7 nitrogen and oxygen atoms in total. The zero-order chi connectivity index (χ0) is 19.1. The van der Waals surface area contributed by atoms with Gasteiger partial charge in [0.05, 0.1) is 12.0 Å². The highest BCUT2D eigenvalue weighted by Gasteiger charge is 2.22. The van der Waals surface area contributed by atoms with Crippen LogP contribution in [0.4, 0.5) is 5.69 Å². The number of aromatic hydroxyl groups is 1. The third-order valence-electron chi connectivity index (χ3n) is 4.44. The van der Waals surface area contributed by atoms with Gasteiger partial charge < -0.3 is 24.6 Å². The number of rotatable bonds is 6. The number of phenols is 1. The average Bonchev–Trinajstić information content (AvgIpc) is 3.20. The van der Waals surface area contributed by atoms with E-state index in [0.29, 0.717) is 38.5 Å². The van der Waals surface area contributed by atoms with Crippen LogP contribution in [0, 0.1) is 0 Å². The SMILES string of the molecule is O=C(/C=C/c1ccco1)NCCC(=O)N1CCN(c2ccccc2O)CC1. The third kappa shape index (κ3) is 5.13. The van der Waals surface area contributed by atoms with Gasteiger partial charge in [0.15, 0.2) is 0 Å². The maximum absolute atomic E-state index is 12.3. The van der Waals surface area contributed by atoms with Gasteiger partial charge in [-0.25, -0.2) is 0 Å². The molecule has 0 atom stereocenters. The van der Waals surface area contributed by atoms with Gasteiger partial charge in [0.2, 0.25) is 11.8 Å². The Labute approximate surface area is 157 Å². The fourth-order valence-electron chi connectivity index (χ4n) is 2.98. The van der Waals surface area contributed by atoms with Crippen LogP contribution in [0.5, 0.6) is 5.75 Å². The van der Waals surface area contributed by atoms with Gasteiger partial charge in [0, 0.05) is 45.2 Å². The largest absolute Gasteiger partial charge is 0.506 e. The molecule has 2 aromatic rings. The van der Waals surface area contributed by atoms with Crippen LogP contribution in [0.2, 0.25) is 0 Å². The first kappa shape index (κ1) is 18.6. The van der Waals surface area contributed by atoms with E-state index in [9.17, 15) is 14.7 Å². The lowest BCUT2D eigenvalue weighted by Crippen LogP contribution is -2.49. The topological polar surface area (TPSA) is 86.0 Å². The molecule has 1 aliphatic heterocycles. The van der Waals surface area contributed by atoms with E-state index in [0.717, 1.165) is 5.69 Å². The van der Waals surface area contributed by atoms with E-state index in [1.165, 1.54) is 12.3 Å². The molecule has 0 saturated carbocycles. The highest BCUT2D eigenvalue weighted by molar-refractivity contribution is 5.91. The van der Waals surface area contributed by atoms with Gasteiger partial charge >= 0.3 is 0 Å². The minimum atomic E-state index is -0.261. The molecule has 7 heteroatoms. The van der Waals surface area contributed by atoms with Gasteiger partial charge in [0.1, 0.15) is 11.5 Å². The number of carbonyl (C=O) groups excluding carboxylic acids is 2. The van der Waals surface area contributed by atoms with E-state index in [2.05, 4.69) is 10.2 Å². The standard InChI is InChI=1S/C20H23N3O4/c24-18-6-2-1-5-17(18)22-11-13-23(14-12-22)20(26)9-10-21-19(25)8-7-16-4-3-15-27-16/h1-8,15,24H,9-14H2,(H,21,25)/b8-7+. The van der Waals surface area contributed by atoms with Crippen molar-refractivity contribution in [3.8, 4) is 5.75 Å². The first-order chi connectivity index (χ1) is 13.1. The van der Waals surface area contributed by atoms with Crippen molar-refractivity contribution in [2.24, 2.45) is 0 Å². The number of nitrogens with zero attached hydrogens (tertiary/aromatic N) is 2. The summed E-state index contributed by atoms with van der Waals surface area (Å²) in [4.78, 5) is 27.9. The minimum Gasteiger partial charge on any atom is -0.506 e. The minimum absolute atomic E-state index is 0.0160. The molecule has 2 amide bonds. The number of amides is 2. The van der Waals surface area contributed by atoms with E-state index in [1.807, 2.05) is 12.1 Å². The van der Waals surface area contributed by atoms with Gasteiger partial charge in [0.25, 0.3) is 0 Å². The van der Waals surface area contributed by atoms with Gasteiger partial charge in [-0.05, 0) is 30.3 Å². The fraction of sp³-hybridized carbons (Fsp3) is 0.300. The molecule has 142 valence electrons. The summed E-state index contributed by atoms with van der Waals surface area (Å²) in [6.45, 7) is 2.82. The van der Waals surface area contributed by atoms with Gasteiger partial charge in [-0.1, -0.05) is 12.1 Å². The Bertz CT molecular complexity index is 793. The van der Waals surface area contributed by atoms with Gasteiger partial charge in [-0.15, -0.1) is 0 Å². The zero-order valence-corrected chi connectivity index (χ0v) is 15.0. The molecule has 1 aliphatic rings. The highest BCUT2D eigenvalue weighted by Crippen LogP contribution is 2.27. The number of anilines is 1. The van der Waals surface area contributed by atoms with Crippen LogP contribution in [0.15, 0.2) is 53.2 Å².